The van der Waals surface area contributed by atoms with Gasteiger partial charge in [0.2, 0.25) is 0 Å². The average molecular weight is 386 g/mol. The maximum atomic E-state index is 13.0. The van der Waals surface area contributed by atoms with E-state index in [4.69, 9.17) is 4.74 Å². The Balaban J connectivity index is 1.94. The highest BCUT2D eigenvalue weighted by molar-refractivity contribution is 6.51. The molecule has 0 unspecified atom stereocenters. The predicted octanol–water partition coefficient (Wildman–Crippen LogP) is 3.72. The smallest absolute Gasteiger partial charge is 0.301 e. The van der Waals surface area contributed by atoms with E-state index in [0.717, 1.165) is 0 Å². The molecular weight excluding hydrogens is 368 g/mol. The molecule has 1 saturated heterocycles. The Morgan fingerprint density at radius 2 is 1.76 bits per heavy atom. The molecule has 1 N–H and O–H groups in total. The Hall–Kier alpha value is -3.93. The van der Waals surface area contributed by atoms with Gasteiger partial charge >= 0.3 is 5.91 Å². The number of Topliss-reactive ketones (excluding diaryl/α,β-unsaturated/α-hetero) is 1. The van der Waals surface area contributed by atoms with Crippen LogP contribution in [0.1, 0.15) is 17.2 Å². The van der Waals surface area contributed by atoms with E-state index in [2.05, 4.69) is 4.98 Å². The van der Waals surface area contributed by atoms with Gasteiger partial charge < -0.3 is 9.84 Å². The van der Waals surface area contributed by atoms with Crippen molar-refractivity contribution < 1.29 is 19.4 Å². The number of anilines is 1. The Kier molecular flexibility index (Phi) is 4.83. The van der Waals surface area contributed by atoms with Crippen molar-refractivity contribution in [2.24, 2.45) is 0 Å². The van der Waals surface area contributed by atoms with E-state index < -0.39 is 17.7 Å². The molecule has 0 saturated carbocycles. The van der Waals surface area contributed by atoms with Gasteiger partial charge in [-0.3, -0.25) is 14.5 Å². The van der Waals surface area contributed by atoms with E-state index in [9.17, 15) is 14.7 Å². The normalized spacial score (nSPS) is 18.1. The Morgan fingerprint density at radius 1 is 1.00 bits per heavy atom. The van der Waals surface area contributed by atoms with Crippen molar-refractivity contribution in [3.63, 3.8) is 0 Å². The van der Waals surface area contributed by atoms with Gasteiger partial charge in [-0.15, -0.1) is 0 Å². The van der Waals surface area contributed by atoms with Crippen LogP contribution < -0.4 is 9.64 Å². The van der Waals surface area contributed by atoms with Gasteiger partial charge in [0.1, 0.15) is 17.3 Å². The van der Waals surface area contributed by atoms with E-state index in [1.54, 1.807) is 48.7 Å². The minimum Gasteiger partial charge on any atom is -0.507 e. The minimum absolute atomic E-state index is 0.0140. The van der Waals surface area contributed by atoms with Crippen molar-refractivity contribution in [1.82, 2.24) is 4.98 Å². The first kappa shape index (κ1) is 18.4. The zero-order chi connectivity index (χ0) is 20.4. The van der Waals surface area contributed by atoms with E-state index in [1.165, 1.54) is 12.0 Å². The molecule has 1 aliphatic heterocycles. The molecule has 3 aromatic rings. The summed E-state index contributed by atoms with van der Waals surface area (Å²) in [4.78, 5) is 31.5. The number of ketones is 1. The maximum Gasteiger partial charge on any atom is 0.301 e. The number of nitrogens with zero attached hydrogens (tertiary/aromatic N) is 2. The molecule has 0 bridgehead atoms. The molecule has 29 heavy (non-hydrogen) atoms. The second-order valence-electron chi connectivity index (χ2n) is 6.50. The molecule has 1 aromatic heterocycles. The number of hydrogen-bond acceptors (Lipinski definition) is 5. The summed E-state index contributed by atoms with van der Waals surface area (Å²) in [5.41, 5.74) is 1.10. The van der Waals surface area contributed by atoms with Gasteiger partial charge in [0.25, 0.3) is 5.78 Å². The average Bonchev–Trinajstić information content (AvgIpc) is 3.05. The van der Waals surface area contributed by atoms with E-state index in [-0.39, 0.29) is 11.3 Å². The lowest BCUT2D eigenvalue weighted by Gasteiger charge is -2.24. The molecule has 1 amide bonds. The second-order valence-corrected chi connectivity index (χ2v) is 6.50. The number of aliphatic hydroxyl groups is 1. The van der Waals surface area contributed by atoms with Crippen LogP contribution in [0.4, 0.5) is 5.82 Å². The summed E-state index contributed by atoms with van der Waals surface area (Å²) in [6.45, 7) is 0. The summed E-state index contributed by atoms with van der Waals surface area (Å²) in [6, 6.07) is 20.2. The molecule has 0 radical (unpaired) electrons. The quantitative estimate of drug-likeness (QED) is 0.420. The number of rotatable bonds is 4. The number of carbonyl (C=O) groups is 2. The van der Waals surface area contributed by atoms with Crippen molar-refractivity contribution in [3.05, 3.63) is 95.7 Å². The molecular formula is C23H18N2O4. The number of ether oxygens (including phenoxy) is 1. The molecule has 4 rings (SSSR count). The van der Waals surface area contributed by atoms with Crippen LogP contribution in [0, 0.1) is 0 Å². The third-order valence-corrected chi connectivity index (χ3v) is 4.80. The SMILES string of the molecule is COc1cccc(C(O)=C2C(=O)C(=O)N(c3ccccn3)[C@H]2c2ccccc2)c1. The van der Waals surface area contributed by atoms with Gasteiger partial charge in [-0.05, 0) is 29.8 Å². The molecule has 1 atom stereocenters. The monoisotopic (exact) mass is 386 g/mol. The fourth-order valence-electron chi connectivity index (χ4n) is 3.44. The Bertz CT molecular complexity index is 1090. The third-order valence-electron chi connectivity index (χ3n) is 4.80. The Morgan fingerprint density at radius 3 is 2.45 bits per heavy atom. The summed E-state index contributed by atoms with van der Waals surface area (Å²) in [5, 5.41) is 11.0. The van der Waals surface area contributed by atoms with Crippen molar-refractivity contribution in [2.45, 2.75) is 6.04 Å². The number of carbonyl (C=O) groups excluding carboxylic acids is 2. The van der Waals surface area contributed by atoms with E-state index >= 15 is 0 Å². The van der Waals surface area contributed by atoms with Crippen LogP contribution in [0.25, 0.3) is 5.76 Å². The van der Waals surface area contributed by atoms with Crippen LogP contribution in [0.2, 0.25) is 0 Å². The van der Waals surface area contributed by atoms with Crippen molar-refractivity contribution in [3.8, 4) is 5.75 Å². The number of aromatic nitrogens is 1. The minimum atomic E-state index is -0.794. The van der Waals surface area contributed by atoms with E-state index in [1.807, 2.05) is 30.3 Å². The first-order chi connectivity index (χ1) is 14.1. The highest BCUT2D eigenvalue weighted by Crippen LogP contribution is 2.41. The molecule has 0 aliphatic carbocycles. The van der Waals surface area contributed by atoms with Crippen LogP contribution in [0.3, 0.4) is 0 Å². The van der Waals surface area contributed by atoms with Crippen LogP contribution in [-0.4, -0.2) is 28.9 Å². The number of hydrogen-bond donors (Lipinski definition) is 1. The van der Waals surface area contributed by atoms with Gasteiger partial charge in [-0.1, -0.05) is 48.5 Å². The molecule has 0 spiro atoms. The van der Waals surface area contributed by atoms with Gasteiger partial charge in [0.15, 0.2) is 0 Å². The lowest BCUT2D eigenvalue weighted by molar-refractivity contribution is -0.132. The number of methoxy groups -OCH3 is 1. The number of aliphatic hydroxyl groups excluding tert-OH is 1. The van der Waals surface area contributed by atoms with Crippen molar-refractivity contribution >= 4 is 23.3 Å². The van der Waals surface area contributed by atoms with Crippen molar-refractivity contribution in [2.75, 3.05) is 12.0 Å². The highest BCUT2D eigenvalue weighted by atomic mass is 16.5. The van der Waals surface area contributed by atoms with Gasteiger partial charge in [0.05, 0.1) is 18.7 Å². The van der Waals surface area contributed by atoms with Gasteiger partial charge in [-0.2, -0.15) is 0 Å². The molecule has 1 aliphatic rings. The fraction of sp³-hybridized carbons (Fsp3) is 0.0870. The topological polar surface area (TPSA) is 79.7 Å². The second kappa shape index (κ2) is 7.59. The first-order valence-corrected chi connectivity index (χ1v) is 9.03. The van der Waals surface area contributed by atoms with Crippen LogP contribution in [0.5, 0.6) is 5.75 Å². The third kappa shape index (κ3) is 3.25. The first-order valence-electron chi connectivity index (χ1n) is 9.03. The fourth-order valence-corrected chi connectivity index (χ4v) is 3.44. The summed E-state index contributed by atoms with van der Waals surface area (Å²) in [6.07, 6.45) is 1.55. The van der Waals surface area contributed by atoms with Gasteiger partial charge in [-0.25, -0.2) is 4.98 Å². The molecule has 2 heterocycles. The number of benzene rings is 2. The summed E-state index contributed by atoms with van der Waals surface area (Å²) in [5.74, 6) is -0.876. The number of pyridine rings is 1. The zero-order valence-electron chi connectivity index (χ0n) is 15.6. The maximum absolute atomic E-state index is 13.0. The number of amides is 1. The summed E-state index contributed by atoms with van der Waals surface area (Å²) in [7, 11) is 1.52. The summed E-state index contributed by atoms with van der Waals surface area (Å²) < 4.78 is 5.21. The molecule has 2 aromatic carbocycles. The van der Waals surface area contributed by atoms with E-state index in [0.29, 0.717) is 22.7 Å². The molecule has 1 fully saturated rings. The molecule has 144 valence electrons. The Labute approximate surface area is 167 Å². The lowest BCUT2D eigenvalue weighted by atomic mass is 9.95. The lowest BCUT2D eigenvalue weighted by Crippen LogP contribution is -2.30. The van der Waals surface area contributed by atoms with Gasteiger partial charge in [0, 0.05) is 11.8 Å². The predicted molar refractivity (Wildman–Crippen MR) is 108 cm³/mol. The van der Waals surface area contributed by atoms with Crippen molar-refractivity contribution in [1.29, 1.82) is 0 Å². The summed E-state index contributed by atoms with van der Waals surface area (Å²) >= 11 is 0. The zero-order valence-corrected chi connectivity index (χ0v) is 15.6. The molecule has 6 nitrogen and oxygen atoms in total. The van der Waals surface area contributed by atoms with Crippen LogP contribution in [0.15, 0.2) is 84.6 Å². The largest absolute Gasteiger partial charge is 0.507 e. The van der Waals surface area contributed by atoms with Crippen LogP contribution in [-0.2, 0) is 9.59 Å². The standard InChI is InChI=1S/C23H18N2O4/c1-29-17-11-7-10-16(14-17)21(26)19-20(15-8-3-2-4-9-15)25(23(28)22(19)27)18-12-5-6-13-24-18/h2-14,20,26H,1H3/t20-/m0/s1. The highest BCUT2D eigenvalue weighted by Gasteiger charge is 2.47. The van der Waals surface area contributed by atoms with Crippen LogP contribution >= 0.6 is 0 Å². The molecule has 6 heteroatoms.